The fourth-order valence-electron chi connectivity index (χ4n) is 3.60. The maximum Gasteiger partial charge on any atom is 0.251 e. The molecule has 2 aromatic carbocycles. The van der Waals surface area contributed by atoms with Gasteiger partial charge >= 0.3 is 0 Å². The van der Waals surface area contributed by atoms with Crippen molar-refractivity contribution in [1.82, 2.24) is 15.5 Å². The maximum absolute atomic E-state index is 13.6. The van der Waals surface area contributed by atoms with Gasteiger partial charge in [0.1, 0.15) is 5.82 Å². The lowest BCUT2D eigenvalue weighted by Gasteiger charge is -2.08. The fourth-order valence-corrected chi connectivity index (χ4v) is 3.60. The molecule has 1 aromatic heterocycles. The third-order valence-electron chi connectivity index (χ3n) is 5.42. The molecule has 31 heavy (non-hydrogen) atoms. The highest BCUT2D eigenvalue weighted by atomic mass is 19.1. The van der Waals surface area contributed by atoms with Crippen molar-refractivity contribution in [3.63, 3.8) is 0 Å². The van der Waals surface area contributed by atoms with Crippen LogP contribution < -0.4 is 10.6 Å². The van der Waals surface area contributed by atoms with Crippen LogP contribution in [0.3, 0.4) is 0 Å². The van der Waals surface area contributed by atoms with Crippen molar-refractivity contribution in [3.05, 3.63) is 65.3 Å². The van der Waals surface area contributed by atoms with Crippen LogP contribution in [0.1, 0.15) is 53.4 Å². The number of carbonyl (C=O) groups is 2. The van der Waals surface area contributed by atoms with Gasteiger partial charge in [0.05, 0.1) is 6.54 Å². The largest absolute Gasteiger partial charge is 0.343 e. The van der Waals surface area contributed by atoms with Crippen LogP contribution in [0.2, 0.25) is 0 Å². The minimum Gasteiger partial charge on any atom is -0.343 e. The minimum atomic E-state index is -0.445. The molecule has 1 saturated carbocycles. The summed E-state index contributed by atoms with van der Waals surface area (Å²) in [5.74, 6) is 0.274. The standard InChI is InChI=1S/C23H23FN4O3/c1-14-6-11-18(12-19(14)24)26-20(29)13-25-22(30)16-9-7-15(8-10-16)21-27-23(31-28-21)17-4-2-3-5-17/h6-12,17H,2-5,13H2,1H3,(H,25,30)(H,26,29). The van der Waals surface area contributed by atoms with Gasteiger partial charge in [-0.15, -0.1) is 0 Å². The zero-order valence-electron chi connectivity index (χ0n) is 17.2. The van der Waals surface area contributed by atoms with E-state index in [0.29, 0.717) is 34.4 Å². The number of rotatable bonds is 6. The molecule has 0 unspecified atom stereocenters. The predicted octanol–water partition coefficient (Wildman–Crippen LogP) is 4.21. The summed E-state index contributed by atoms with van der Waals surface area (Å²) in [6, 6.07) is 11.2. The van der Waals surface area contributed by atoms with E-state index in [-0.39, 0.29) is 6.54 Å². The highest BCUT2D eigenvalue weighted by Gasteiger charge is 2.23. The number of carbonyl (C=O) groups excluding carboxylic acids is 2. The van der Waals surface area contributed by atoms with Crippen molar-refractivity contribution in [1.29, 1.82) is 0 Å². The Balaban J connectivity index is 1.31. The van der Waals surface area contributed by atoms with E-state index in [9.17, 15) is 14.0 Å². The number of nitrogens with one attached hydrogen (secondary N) is 2. The Hall–Kier alpha value is -3.55. The summed E-state index contributed by atoms with van der Waals surface area (Å²) >= 11 is 0. The van der Waals surface area contributed by atoms with Crippen LogP contribution in [0, 0.1) is 12.7 Å². The molecule has 0 radical (unpaired) electrons. The summed E-state index contributed by atoms with van der Waals surface area (Å²) < 4.78 is 19.0. The van der Waals surface area contributed by atoms with Gasteiger partial charge in [-0.3, -0.25) is 9.59 Å². The SMILES string of the molecule is Cc1ccc(NC(=O)CNC(=O)c2ccc(-c3noc(C4CCCC4)n3)cc2)cc1F. The Labute approximate surface area is 179 Å². The van der Waals surface area contributed by atoms with Gasteiger partial charge in [-0.2, -0.15) is 4.98 Å². The molecule has 160 valence electrons. The Morgan fingerprint density at radius 1 is 1.13 bits per heavy atom. The highest BCUT2D eigenvalue weighted by Crippen LogP contribution is 2.33. The summed E-state index contributed by atoms with van der Waals surface area (Å²) in [5, 5.41) is 9.15. The Morgan fingerprint density at radius 3 is 2.58 bits per heavy atom. The Bertz CT molecular complexity index is 1090. The summed E-state index contributed by atoms with van der Waals surface area (Å²) in [6.45, 7) is 1.41. The summed E-state index contributed by atoms with van der Waals surface area (Å²) in [7, 11) is 0. The summed E-state index contributed by atoms with van der Waals surface area (Å²) in [6.07, 6.45) is 4.53. The second-order valence-electron chi connectivity index (χ2n) is 7.71. The topological polar surface area (TPSA) is 97.1 Å². The van der Waals surface area contributed by atoms with Crippen LogP contribution in [-0.4, -0.2) is 28.5 Å². The smallest absolute Gasteiger partial charge is 0.251 e. The van der Waals surface area contributed by atoms with Gasteiger partial charge in [-0.1, -0.05) is 36.2 Å². The van der Waals surface area contributed by atoms with E-state index in [4.69, 9.17) is 4.52 Å². The zero-order valence-corrected chi connectivity index (χ0v) is 17.2. The molecule has 2 amide bonds. The second-order valence-corrected chi connectivity index (χ2v) is 7.71. The van der Waals surface area contributed by atoms with Gasteiger partial charge in [0.15, 0.2) is 0 Å². The molecule has 1 fully saturated rings. The molecular weight excluding hydrogens is 399 g/mol. The molecule has 7 nitrogen and oxygen atoms in total. The van der Waals surface area contributed by atoms with Gasteiger partial charge < -0.3 is 15.2 Å². The molecule has 0 saturated heterocycles. The van der Waals surface area contributed by atoms with Crippen molar-refractivity contribution in [2.75, 3.05) is 11.9 Å². The Kier molecular flexibility index (Phi) is 6.06. The average Bonchev–Trinajstić information content (AvgIpc) is 3.47. The normalized spacial score (nSPS) is 13.9. The average molecular weight is 422 g/mol. The molecule has 3 aromatic rings. The second kappa shape index (κ2) is 9.07. The third kappa shape index (κ3) is 4.96. The van der Waals surface area contributed by atoms with E-state index in [1.165, 1.54) is 18.9 Å². The van der Waals surface area contributed by atoms with Crippen molar-refractivity contribution >= 4 is 17.5 Å². The molecule has 0 atom stereocenters. The van der Waals surface area contributed by atoms with Crippen LogP contribution in [0.4, 0.5) is 10.1 Å². The number of hydrogen-bond donors (Lipinski definition) is 2. The van der Waals surface area contributed by atoms with E-state index >= 15 is 0 Å². The van der Waals surface area contributed by atoms with E-state index in [1.807, 2.05) is 0 Å². The van der Waals surface area contributed by atoms with Gasteiger partial charge in [-0.25, -0.2) is 4.39 Å². The number of aryl methyl sites for hydroxylation is 1. The zero-order chi connectivity index (χ0) is 21.8. The van der Waals surface area contributed by atoms with Crippen LogP contribution in [0.25, 0.3) is 11.4 Å². The first-order valence-electron chi connectivity index (χ1n) is 10.3. The van der Waals surface area contributed by atoms with Gasteiger partial charge in [0, 0.05) is 22.7 Å². The minimum absolute atomic E-state index is 0.230. The molecule has 1 heterocycles. The van der Waals surface area contributed by atoms with Crippen molar-refractivity contribution in [2.24, 2.45) is 0 Å². The Morgan fingerprint density at radius 2 is 1.87 bits per heavy atom. The van der Waals surface area contributed by atoms with Gasteiger partial charge in [-0.05, 0) is 49.6 Å². The first-order valence-corrected chi connectivity index (χ1v) is 10.3. The maximum atomic E-state index is 13.6. The fraction of sp³-hybridized carbons (Fsp3) is 0.304. The molecular formula is C23H23FN4O3. The van der Waals surface area contributed by atoms with Crippen LogP contribution >= 0.6 is 0 Å². The van der Waals surface area contributed by atoms with Crippen LogP contribution in [0.15, 0.2) is 47.0 Å². The number of benzene rings is 2. The van der Waals surface area contributed by atoms with E-state index in [1.54, 1.807) is 43.3 Å². The lowest BCUT2D eigenvalue weighted by molar-refractivity contribution is -0.115. The van der Waals surface area contributed by atoms with Crippen molar-refractivity contribution < 1.29 is 18.5 Å². The van der Waals surface area contributed by atoms with E-state index in [0.717, 1.165) is 18.4 Å². The molecule has 4 rings (SSSR count). The van der Waals surface area contributed by atoms with Crippen molar-refractivity contribution in [3.8, 4) is 11.4 Å². The first-order chi connectivity index (χ1) is 15.0. The lowest BCUT2D eigenvalue weighted by Crippen LogP contribution is -2.32. The van der Waals surface area contributed by atoms with Gasteiger partial charge in [0.2, 0.25) is 17.6 Å². The number of aromatic nitrogens is 2. The summed E-state index contributed by atoms with van der Waals surface area (Å²) in [4.78, 5) is 28.8. The summed E-state index contributed by atoms with van der Waals surface area (Å²) in [5.41, 5.74) is 1.98. The number of nitrogens with zero attached hydrogens (tertiary/aromatic N) is 2. The number of halogens is 1. The number of amides is 2. The molecule has 0 aliphatic heterocycles. The molecule has 8 heteroatoms. The lowest BCUT2D eigenvalue weighted by atomic mass is 10.1. The number of hydrogen-bond acceptors (Lipinski definition) is 5. The number of anilines is 1. The molecule has 0 bridgehead atoms. The van der Waals surface area contributed by atoms with Crippen molar-refractivity contribution in [2.45, 2.75) is 38.5 Å². The predicted molar refractivity (Wildman–Crippen MR) is 113 cm³/mol. The molecule has 1 aliphatic carbocycles. The van der Waals surface area contributed by atoms with Crippen LogP contribution in [0.5, 0.6) is 0 Å². The highest BCUT2D eigenvalue weighted by molar-refractivity contribution is 5.99. The quantitative estimate of drug-likeness (QED) is 0.620. The van der Waals surface area contributed by atoms with Crippen LogP contribution in [-0.2, 0) is 4.79 Å². The van der Waals surface area contributed by atoms with Gasteiger partial charge in [0.25, 0.3) is 5.91 Å². The van der Waals surface area contributed by atoms with E-state index in [2.05, 4.69) is 20.8 Å². The molecule has 1 aliphatic rings. The monoisotopic (exact) mass is 422 g/mol. The third-order valence-corrected chi connectivity index (χ3v) is 5.42. The van der Waals surface area contributed by atoms with E-state index < -0.39 is 17.6 Å². The molecule has 0 spiro atoms. The first kappa shape index (κ1) is 20.7. The molecule has 2 N–H and O–H groups in total.